The zero-order valence-electron chi connectivity index (χ0n) is 11.5. The van der Waals surface area contributed by atoms with Crippen LogP contribution in [0, 0.1) is 11.3 Å². The number of benzene rings is 1. The Morgan fingerprint density at radius 2 is 2.05 bits per heavy atom. The van der Waals surface area contributed by atoms with Crippen LogP contribution in [0.4, 0.5) is 5.69 Å². The van der Waals surface area contributed by atoms with Crippen molar-refractivity contribution in [3.63, 3.8) is 0 Å². The fourth-order valence-corrected chi connectivity index (χ4v) is 1.88. The average molecular weight is 267 g/mol. The molecule has 0 bridgehead atoms. The highest BCUT2D eigenvalue weighted by Gasteiger charge is 2.02. The lowest BCUT2D eigenvalue weighted by Gasteiger charge is -2.11. The number of hydrogen-bond donors (Lipinski definition) is 1. The number of anilines is 1. The number of nitriles is 1. The van der Waals surface area contributed by atoms with Crippen LogP contribution in [0.25, 0.3) is 0 Å². The molecular weight excluding hydrogens is 250 g/mol. The monoisotopic (exact) mass is 267 g/mol. The Kier molecular flexibility index (Phi) is 5.10. The maximum atomic E-state index is 8.83. The minimum absolute atomic E-state index is 0.414. The summed E-state index contributed by atoms with van der Waals surface area (Å²) in [6.45, 7) is 4.01. The third-order valence-corrected chi connectivity index (χ3v) is 2.94. The first-order chi connectivity index (χ1) is 9.83. The maximum Gasteiger partial charge on any atom is 0.142 e. The molecule has 0 saturated carbocycles. The van der Waals surface area contributed by atoms with Crippen LogP contribution < -0.4 is 5.32 Å². The zero-order valence-corrected chi connectivity index (χ0v) is 11.5. The molecule has 4 nitrogen and oxygen atoms in total. The second kappa shape index (κ2) is 7.27. The lowest BCUT2D eigenvalue weighted by atomic mass is 10.1. The normalized spacial score (nSPS) is 10.0. The molecule has 0 atom stereocenters. The molecule has 0 spiro atoms. The van der Waals surface area contributed by atoms with Crippen LogP contribution in [-0.2, 0) is 17.9 Å². The molecule has 0 radical (unpaired) electrons. The summed E-state index contributed by atoms with van der Waals surface area (Å²) in [5, 5.41) is 12.1. The summed E-state index contributed by atoms with van der Waals surface area (Å²) in [5.74, 6) is 0. The third-order valence-electron chi connectivity index (χ3n) is 2.94. The molecule has 1 heterocycles. The van der Waals surface area contributed by atoms with Gasteiger partial charge in [0, 0.05) is 25.0 Å². The SMILES string of the molecule is CCOCc1ccccc1CNc1ccnc(C#N)c1. The Morgan fingerprint density at radius 1 is 1.25 bits per heavy atom. The van der Waals surface area contributed by atoms with Crippen molar-refractivity contribution in [2.24, 2.45) is 0 Å². The van der Waals surface area contributed by atoms with Gasteiger partial charge in [0.2, 0.25) is 0 Å². The molecule has 2 aromatic rings. The molecule has 20 heavy (non-hydrogen) atoms. The average Bonchev–Trinajstić information content (AvgIpc) is 2.52. The van der Waals surface area contributed by atoms with Gasteiger partial charge in [-0.3, -0.25) is 0 Å². The number of nitrogens with one attached hydrogen (secondary N) is 1. The Hall–Kier alpha value is -2.38. The van der Waals surface area contributed by atoms with Crippen molar-refractivity contribution < 1.29 is 4.74 Å². The molecule has 4 heteroatoms. The molecule has 1 aromatic carbocycles. The van der Waals surface area contributed by atoms with Gasteiger partial charge in [0.05, 0.1) is 6.61 Å². The van der Waals surface area contributed by atoms with Gasteiger partial charge in [-0.05, 0) is 30.2 Å². The summed E-state index contributed by atoms with van der Waals surface area (Å²) in [6, 6.07) is 13.8. The van der Waals surface area contributed by atoms with Crippen molar-refractivity contribution in [2.45, 2.75) is 20.1 Å². The predicted molar refractivity (Wildman–Crippen MR) is 78.1 cm³/mol. The van der Waals surface area contributed by atoms with Crippen LogP contribution >= 0.6 is 0 Å². The summed E-state index contributed by atoms with van der Waals surface area (Å²) in [6.07, 6.45) is 1.63. The topological polar surface area (TPSA) is 57.9 Å². The first kappa shape index (κ1) is 14.0. The van der Waals surface area contributed by atoms with E-state index in [9.17, 15) is 0 Å². The Morgan fingerprint density at radius 3 is 2.80 bits per heavy atom. The van der Waals surface area contributed by atoms with E-state index in [1.54, 1.807) is 12.3 Å². The highest BCUT2D eigenvalue weighted by atomic mass is 16.5. The Labute approximate surface area is 119 Å². The van der Waals surface area contributed by atoms with Gasteiger partial charge in [0.1, 0.15) is 11.8 Å². The van der Waals surface area contributed by atoms with Crippen molar-refractivity contribution in [3.05, 3.63) is 59.4 Å². The van der Waals surface area contributed by atoms with Crippen LogP contribution in [0.2, 0.25) is 0 Å². The van der Waals surface area contributed by atoms with Crippen LogP contribution in [0.5, 0.6) is 0 Å². The van der Waals surface area contributed by atoms with Crippen molar-refractivity contribution >= 4 is 5.69 Å². The molecule has 0 saturated heterocycles. The van der Waals surface area contributed by atoms with Gasteiger partial charge in [0.15, 0.2) is 0 Å². The molecule has 0 unspecified atom stereocenters. The fraction of sp³-hybridized carbons (Fsp3) is 0.250. The minimum atomic E-state index is 0.414. The van der Waals surface area contributed by atoms with Crippen LogP contribution in [0.3, 0.4) is 0 Å². The van der Waals surface area contributed by atoms with Gasteiger partial charge in [-0.2, -0.15) is 5.26 Å². The summed E-state index contributed by atoms with van der Waals surface area (Å²) >= 11 is 0. The maximum absolute atomic E-state index is 8.83. The summed E-state index contributed by atoms with van der Waals surface area (Å²) in [5.41, 5.74) is 3.67. The quantitative estimate of drug-likeness (QED) is 0.873. The molecular formula is C16H17N3O. The minimum Gasteiger partial charge on any atom is -0.381 e. The molecule has 0 aliphatic rings. The van der Waals surface area contributed by atoms with Gasteiger partial charge in [-0.1, -0.05) is 24.3 Å². The smallest absolute Gasteiger partial charge is 0.142 e. The van der Waals surface area contributed by atoms with E-state index in [0.717, 1.165) is 5.69 Å². The number of rotatable bonds is 6. The van der Waals surface area contributed by atoms with E-state index >= 15 is 0 Å². The zero-order chi connectivity index (χ0) is 14.2. The predicted octanol–water partition coefficient (Wildman–Crippen LogP) is 3.10. The summed E-state index contributed by atoms with van der Waals surface area (Å²) < 4.78 is 5.47. The van der Waals surface area contributed by atoms with Crippen molar-refractivity contribution in [3.8, 4) is 6.07 Å². The number of aromatic nitrogens is 1. The van der Waals surface area contributed by atoms with Gasteiger partial charge < -0.3 is 10.1 Å². The lowest BCUT2D eigenvalue weighted by molar-refractivity contribution is 0.133. The van der Waals surface area contributed by atoms with Gasteiger partial charge in [-0.15, -0.1) is 0 Å². The van der Waals surface area contributed by atoms with E-state index < -0.39 is 0 Å². The Bertz CT molecular complexity index is 605. The molecule has 0 aliphatic heterocycles. The van der Waals surface area contributed by atoms with E-state index in [4.69, 9.17) is 10.00 Å². The van der Waals surface area contributed by atoms with Crippen molar-refractivity contribution in [2.75, 3.05) is 11.9 Å². The highest BCUT2D eigenvalue weighted by Crippen LogP contribution is 2.14. The van der Waals surface area contributed by atoms with Crippen LogP contribution in [0.1, 0.15) is 23.7 Å². The molecule has 0 fully saturated rings. The molecule has 1 N–H and O–H groups in total. The van der Waals surface area contributed by atoms with Gasteiger partial charge in [-0.25, -0.2) is 4.98 Å². The second-order valence-electron chi connectivity index (χ2n) is 4.30. The van der Waals surface area contributed by atoms with Crippen molar-refractivity contribution in [1.29, 1.82) is 5.26 Å². The van der Waals surface area contributed by atoms with Crippen LogP contribution in [-0.4, -0.2) is 11.6 Å². The molecule has 2 rings (SSSR count). The van der Waals surface area contributed by atoms with E-state index in [2.05, 4.69) is 22.4 Å². The molecule has 0 amide bonds. The standard InChI is InChI=1S/C16H17N3O/c1-2-20-12-14-6-4-3-5-13(14)11-19-15-7-8-18-16(9-15)10-17/h3-9H,2,11-12H2,1H3,(H,18,19). The Balaban J connectivity index is 2.05. The first-order valence-corrected chi connectivity index (χ1v) is 6.58. The van der Waals surface area contributed by atoms with E-state index in [-0.39, 0.29) is 0 Å². The van der Waals surface area contributed by atoms with Gasteiger partial charge >= 0.3 is 0 Å². The third kappa shape index (κ3) is 3.81. The fourth-order valence-electron chi connectivity index (χ4n) is 1.88. The van der Waals surface area contributed by atoms with E-state index in [1.165, 1.54) is 11.1 Å². The summed E-state index contributed by atoms with van der Waals surface area (Å²) in [7, 11) is 0. The van der Waals surface area contributed by atoms with Gasteiger partial charge in [0.25, 0.3) is 0 Å². The van der Waals surface area contributed by atoms with E-state index in [0.29, 0.717) is 25.5 Å². The molecule has 1 aromatic heterocycles. The van der Waals surface area contributed by atoms with Crippen LogP contribution in [0.15, 0.2) is 42.6 Å². The first-order valence-electron chi connectivity index (χ1n) is 6.58. The highest BCUT2D eigenvalue weighted by molar-refractivity contribution is 5.46. The number of hydrogen-bond acceptors (Lipinski definition) is 4. The molecule has 0 aliphatic carbocycles. The number of pyridine rings is 1. The largest absolute Gasteiger partial charge is 0.381 e. The summed E-state index contributed by atoms with van der Waals surface area (Å²) in [4.78, 5) is 3.95. The van der Waals surface area contributed by atoms with E-state index in [1.807, 2.05) is 31.2 Å². The number of ether oxygens (including phenoxy) is 1. The lowest BCUT2D eigenvalue weighted by Crippen LogP contribution is -2.04. The van der Waals surface area contributed by atoms with Crippen molar-refractivity contribution in [1.82, 2.24) is 4.98 Å². The number of nitrogens with zero attached hydrogens (tertiary/aromatic N) is 2. The molecule has 102 valence electrons. The second-order valence-corrected chi connectivity index (χ2v) is 4.30.